The highest BCUT2D eigenvalue weighted by Crippen LogP contribution is 2.20. The average Bonchev–Trinajstić information content (AvgIpc) is 2.33. The summed E-state index contributed by atoms with van der Waals surface area (Å²) in [6.45, 7) is 7.71. The summed E-state index contributed by atoms with van der Waals surface area (Å²) in [6.07, 6.45) is 0.0999. The van der Waals surface area contributed by atoms with Crippen LogP contribution in [-0.4, -0.2) is 10.7 Å². The highest BCUT2D eigenvalue weighted by molar-refractivity contribution is 5.73. The van der Waals surface area contributed by atoms with Gasteiger partial charge in [0.15, 0.2) is 0 Å². The molecule has 0 saturated heterocycles. The molecule has 4 heteroatoms. The molecule has 0 bridgehead atoms. The van der Waals surface area contributed by atoms with Crippen molar-refractivity contribution in [3.8, 4) is 5.75 Å². The smallest absolute Gasteiger partial charge is 0.290 e. The summed E-state index contributed by atoms with van der Waals surface area (Å²) in [5.74, 6) is 0.727. The molecule has 0 saturated carbocycles. The van der Waals surface area contributed by atoms with Gasteiger partial charge < -0.3 is 9.30 Å². The first-order chi connectivity index (χ1) is 8.41. The van der Waals surface area contributed by atoms with Crippen LogP contribution in [0.3, 0.4) is 0 Å². The Labute approximate surface area is 106 Å². The van der Waals surface area contributed by atoms with E-state index in [1.165, 1.54) is 0 Å². The van der Waals surface area contributed by atoms with Crippen LogP contribution in [0.4, 0.5) is 0 Å². The fourth-order valence-electron chi connectivity index (χ4n) is 2.05. The van der Waals surface area contributed by atoms with E-state index in [4.69, 9.17) is 4.74 Å². The normalized spacial score (nSPS) is 11.2. The number of fused-ring (bicyclic) bond motifs is 1. The Morgan fingerprint density at radius 2 is 1.94 bits per heavy atom. The van der Waals surface area contributed by atoms with Gasteiger partial charge in [-0.05, 0) is 32.9 Å². The molecule has 0 aliphatic carbocycles. The van der Waals surface area contributed by atoms with Crippen LogP contribution in [0.2, 0.25) is 0 Å². The van der Waals surface area contributed by atoms with Crippen molar-refractivity contribution in [3.63, 3.8) is 0 Å². The molecule has 0 unspecified atom stereocenters. The second-order valence-corrected chi connectivity index (χ2v) is 4.84. The van der Waals surface area contributed by atoms with Gasteiger partial charge in [-0.15, -0.1) is 0 Å². The van der Waals surface area contributed by atoms with Gasteiger partial charge in [0.25, 0.3) is 11.2 Å². The van der Waals surface area contributed by atoms with Gasteiger partial charge in [0.2, 0.25) is 0 Å². The standard InChI is InChI=1S/C14H19N2O2/c1-9(2)18-12-6-7-13-14(8-12)16(17)11(4)10(3)15(13)5/h6-9H,1-5H3/q+1. The van der Waals surface area contributed by atoms with Gasteiger partial charge in [-0.1, -0.05) is 0 Å². The minimum atomic E-state index is 0.0999. The zero-order chi connectivity index (χ0) is 13.4. The van der Waals surface area contributed by atoms with E-state index >= 15 is 0 Å². The largest absolute Gasteiger partial charge is 0.491 e. The van der Waals surface area contributed by atoms with Gasteiger partial charge in [0.05, 0.1) is 22.3 Å². The second kappa shape index (κ2) is 4.44. The molecule has 1 heterocycles. The molecule has 0 fully saturated rings. The second-order valence-electron chi connectivity index (χ2n) is 4.84. The van der Waals surface area contributed by atoms with Gasteiger partial charge >= 0.3 is 0 Å². The van der Waals surface area contributed by atoms with Crippen LogP contribution in [0.25, 0.3) is 11.0 Å². The molecule has 0 amide bonds. The number of ether oxygens (including phenoxy) is 1. The minimum absolute atomic E-state index is 0.0999. The van der Waals surface area contributed by atoms with Crippen molar-refractivity contribution in [2.75, 3.05) is 0 Å². The zero-order valence-corrected chi connectivity index (χ0v) is 11.5. The minimum Gasteiger partial charge on any atom is -0.491 e. The van der Waals surface area contributed by atoms with Gasteiger partial charge in [-0.2, -0.15) is 0 Å². The Bertz CT molecular complexity index is 657. The molecule has 0 spiro atoms. The fourth-order valence-corrected chi connectivity index (χ4v) is 2.05. The molecule has 2 aromatic rings. The number of rotatable bonds is 2. The molecular formula is C14H19N2O2+. The number of hydrogen-bond donors (Lipinski definition) is 0. The first-order valence-electron chi connectivity index (χ1n) is 6.11. The maximum atomic E-state index is 12.2. The number of aromatic nitrogens is 2. The SMILES string of the molecule is Cc1c(C)[n+](=O)c2cc(OC(C)C)ccc2n1C. The summed E-state index contributed by atoms with van der Waals surface area (Å²) in [6, 6.07) is 5.62. The van der Waals surface area contributed by atoms with Crippen molar-refractivity contribution in [3.05, 3.63) is 34.5 Å². The van der Waals surface area contributed by atoms with E-state index in [1.54, 1.807) is 6.07 Å². The molecule has 4 nitrogen and oxygen atoms in total. The molecule has 0 aliphatic heterocycles. The Kier molecular flexibility index (Phi) is 3.11. The van der Waals surface area contributed by atoms with Crippen molar-refractivity contribution in [1.29, 1.82) is 0 Å². The Morgan fingerprint density at radius 1 is 1.28 bits per heavy atom. The molecule has 96 valence electrons. The van der Waals surface area contributed by atoms with E-state index in [0.717, 1.165) is 21.4 Å². The molecule has 1 aromatic carbocycles. The van der Waals surface area contributed by atoms with Crippen molar-refractivity contribution in [2.24, 2.45) is 7.05 Å². The van der Waals surface area contributed by atoms with Crippen LogP contribution in [0.5, 0.6) is 5.75 Å². The van der Waals surface area contributed by atoms with E-state index in [-0.39, 0.29) is 6.10 Å². The maximum absolute atomic E-state index is 12.2. The molecule has 0 aliphatic rings. The Morgan fingerprint density at radius 3 is 2.56 bits per heavy atom. The van der Waals surface area contributed by atoms with Crippen LogP contribution in [0, 0.1) is 18.8 Å². The third-order valence-corrected chi connectivity index (χ3v) is 3.23. The number of benzene rings is 1. The monoisotopic (exact) mass is 247 g/mol. The lowest BCUT2D eigenvalue weighted by molar-refractivity contribution is -0.473. The summed E-state index contributed by atoms with van der Waals surface area (Å²) in [4.78, 5) is 12.2. The van der Waals surface area contributed by atoms with Crippen LogP contribution in [0.1, 0.15) is 25.2 Å². The van der Waals surface area contributed by atoms with Gasteiger partial charge in [0, 0.05) is 18.9 Å². The average molecular weight is 247 g/mol. The van der Waals surface area contributed by atoms with E-state index < -0.39 is 0 Å². The third kappa shape index (κ3) is 1.98. The van der Waals surface area contributed by atoms with E-state index in [2.05, 4.69) is 0 Å². The van der Waals surface area contributed by atoms with E-state index in [9.17, 15) is 4.91 Å². The Hall–Kier alpha value is -1.84. The van der Waals surface area contributed by atoms with E-state index in [1.807, 2.05) is 51.4 Å². The van der Waals surface area contributed by atoms with E-state index in [0.29, 0.717) is 11.2 Å². The summed E-state index contributed by atoms with van der Waals surface area (Å²) in [5, 5.41) is 0. The summed E-state index contributed by atoms with van der Waals surface area (Å²) in [5.41, 5.74) is 3.23. The summed E-state index contributed by atoms with van der Waals surface area (Å²) >= 11 is 0. The van der Waals surface area contributed by atoms with Crippen LogP contribution < -0.4 is 9.16 Å². The van der Waals surface area contributed by atoms with Gasteiger partial charge in [0.1, 0.15) is 11.3 Å². The maximum Gasteiger partial charge on any atom is 0.290 e. The molecule has 18 heavy (non-hydrogen) atoms. The molecular weight excluding hydrogens is 228 g/mol. The van der Waals surface area contributed by atoms with Crippen LogP contribution in [-0.2, 0) is 7.05 Å². The molecule has 0 N–H and O–H groups in total. The lowest BCUT2D eigenvalue weighted by Crippen LogP contribution is -2.24. The molecule has 1 aromatic heterocycles. The highest BCUT2D eigenvalue weighted by atomic mass is 16.5. The Balaban J connectivity index is 2.74. The predicted molar refractivity (Wildman–Crippen MR) is 71.5 cm³/mol. The quantitative estimate of drug-likeness (QED) is 0.765. The predicted octanol–water partition coefficient (Wildman–Crippen LogP) is 2.50. The number of hydrogen-bond acceptors (Lipinski definition) is 2. The lowest BCUT2D eigenvalue weighted by Gasteiger charge is -2.10. The molecule has 0 atom stereocenters. The van der Waals surface area contributed by atoms with Crippen molar-refractivity contribution < 1.29 is 9.16 Å². The van der Waals surface area contributed by atoms with Crippen molar-refractivity contribution >= 4 is 11.0 Å². The topological polar surface area (TPSA) is 37.1 Å². The van der Waals surface area contributed by atoms with Crippen molar-refractivity contribution in [1.82, 2.24) is 4.57 Å². The summed E-state index contributed by atoms with van der Waals surface area (Å²) < 4.78 is 8.62. The number of aryl methyl sites for hydroxylation is 1. The van der Waals surface area contributed by atoms with Gasteiger partial charge in [-0.3, -0.25) is 0 Å². The third-order valence-electron chi connectivity index (χ3n) is 3.23. The summed E-state index contributed by atoms with van der Waals surface area (Å²) in [7, 11) is 1.97. The first-order valence-corrected chi connectivity index (χ1v) is 6.11. The van der Waals surface area contributed by atoms with Gasteiger partial charge in [-0.25, -0.2) is 0 Å². The van der Waals surface area contributed by atoms with Crippen molar-refractivity contribution in [2.45, 2.75) is 33.8 Å². The number of nitrogens with zero attached hydrogens (tertiary/aromatic N) is 2. The first kappa shape index (κ1) is 12.6. The molecule has 0 radical (unpaired) electrons. The van der Waals surface area contributed by atoms with Crippen LogP contribution >= 0.6 is 0 Å². The fraction of sp³-hybridized carbons (Fsp3) is 0.429. The lowest BCUT2D eigenvalue weighted by atomic mass is 10.2. The zero-order valence-electron chi connectivity index (χ0n) is 11.5. The van der Waals surface area contributed by atoms with Crippen LogP contribution in [0.15, 0.2) is 18.2 Å². The molecule has 2 rings (SSSR count). The highest BCUT2D eigenvalue weighted by Gasteiger charge is 2.17.